The lowest BCUT2D eigenvalue weighted by molar-refractivity contribution is 0.463. The maximum absolute atomic E-state index is 14.0. The standard InChI is InChI=1S/C13H15BrF2N4/c1-7-3-9(20(2)19-7)6-12(18-17)13-10(15)4-8(14)5-11(13)16/h3-5,12,18H,6,17H2,1-2H3. The molecule has 0 radical (unpaired) electrons. The van der Waals surface area contributed by atoms with Crippen LogP contribution >= 0.6 is 15.9 Å². The number of benzene rings is 1. The van der Waals surface area contributed by atoms with Crippen LogP contribution in [0.25, 0.3) is 0 Å². The van der Waals surface area contributed by atoms with Crippen LogP contribution in [0.3, 0.4) is 0 Å². The normalized spacial score (nSPS) is 12.7. The molecule has 2 aromatic rings. The van der Waals surface area contributed by atoms with E-state index >= 15 is 0 Å². The van der Waals surface area contributed by atoms with E-state index in [1.54, 1.807) is 11.7 Å². The topological polar surface area (TPSA) is 55.9 Å². The maximum Gasteiger partial charge on any atom is 0.132 e. The number of nitrogens with zero attached hydrogens (tertiary/aromatic N) is 2. The van der Waals surface area contributed by atoms with Crippen molar-refractivity contribution in [2.24, 2.45) is 12.9 Å². The van der Waals surface area contributed by atoms with Crippen LogP contribution in [0.4, 0.5) is 8.78 Å². The van der Waals surface area contributed by atoms with Crippen LogP contribution in [0.1, 0.15) is 23.0 Å². The molecule has 0 aliphatic heterocycles. The van der Waals surface area contributed by atoms with Crippen LogP contribution < -0.4 is 11.3 Å². The number of hydrazine groups is 1. The first-order valence-corrected chi connectivity index (χ1v) is 6.81. The van der Waals surface area contributed by atoms with Crippen molar-refractivity contribution in [2.75, 3.05) is 0 Å². The van der Waals surface area contributed by atoms with E-state index in [-0.39, 0.29) is 5.56 Å². The van der Waals surface area contributed by atoms with Crippen molar-refractivity contribution < 1.29 is 8.78 Å². The molecule has 1 aromatic heterocycles. The summed E-state index contributed by atoms with van der Waals surface area (Å²) >= 11 is 3.05. The van der Waals surface area contributed by atoms with Gasteiger partial charge >= 0.3 is 0 Å². The lowest BCUT2D eigenvalue weighted by Gasteiger charge is -2.18. The van der Waals surface area contributed by atoms with E-state index < -0.39 is 17.7 Å². The third-order valence-corrected chi connectivity index (χ3v) is 3.56. The van der Waals surface area contributed by atoms with Gasteiger partial charge in [0.15, 0.2) is 0 Å². The second kappa shape index (κ2) is 5.99. The Balaban J connectivity index is 2.36. The summed E-state index contributed by atoms with van der Waals surface area (Å²) in [5.74, 6) is 4.18. The lowest BCUT2D eigenvalue weighted by atomic mass is 10.0. The molecule has 0 saturated heterocycles. The van der Waals surface area contributed by atoms with E-state index in [1.807, 2.05) is 13.0 Å². The summed E-state index contributed by atoms with van der Waals surface area (Å²) in [7, 11) is 1.78. The van der Waals surface area contributed by atoms with Crippen molar-refractivity contribution in [3.05, 3.63) is 51.3 Å². The van der Waals surface area contributed by atoms with Crippen LogP contribution in [0.5, 0.6) is 0 Å². The Hall–Kier alpha value is -1.31. The van der Waals surface area contributed by atoms with E-state index in [0.29, 0.717) is 10.9 Å². The van der Waals surface area contributed by atoms with Gasteiger partial charge in [-0.3, -0.25) is 16.0 Å². The smallest absolute Gasteiger partial charge is 0.132 e. The van der Waals surface area contributed by atoms with Crippen molar-refractivity contribution in [2.45, 2.75) is 19.4 Å². The van der Waals surface area contributed by atoms with E-state index in [4.69, 9.17) is 5.84 Å². The molecule has 0 saturated carbocycles. The summed E-state index contributed by atoms with van der Waals surface area (Å²) in [5.41, 5.74) is 4.08. The molecule has 0 amide bonds. The Morgan fingerprint density at radius 2 is 1.95 bits per heavy atom. The number of nitrogens with two attached hydrogens (primary N) is 1. The molecular weight excluding hydrogens is 330 g/mol. The minimum atomic E-state index is -0.669. The third kappa shape index (κ3) is 3.05. The highest BCUT2D eigenvalue weighted by atomic mass is 79.9. The molecule has 20 heavy (non-hydrogen) atoms. The summed E-state index contributed by atoms with van der Waals surface area (Å²) in [6, 6.07) is 3.63. The van der Waals surface area contributed by atoms with Crippen LogP contribution in [-0.4, -0.2) is 9.78 Å². The Morgan fingerprint density at radius 1 is 1.35 bits per heavy atom. The van der Waals surface area contributed by atoms with Gasteiger partial charge in [-0.2, -0.15) is 5.10 Å². The number of aromatic nitrogens is 2. The van der Waals surface area contributed by atoms with Gasteiger partial charge in [0.2, 0.25) is 0 Å². The van der Waals surface area contributed by atoms with Gasteiger partial charge in [0.25, 0.3) is 0 Å². The lowest BCUT2D eigenvalue weighted by Crippen LogP contribution is -2.31. The molecule has 0 aliphatic carbocycles. The number of halogens is 3. The third-order valence-electron chi connectivity index (χ3n) is 3.11. The number of hydrogen-bond donors (Lipinski definition) is 2. The molecule has 0 spiro atoms. The van der Waals surface area contributed by atoms with Crippen LogP contribution in [0.2, 0.25) is 0 Å². The predicted molar refractivity (Wildman–Crippen MR) is 75.8 cm³/mol. The first-order chi connectivity index (χ1) is 9.42. The number of hydrogen-bond acceptors (Lipinski definition) is 3. The number of nitrogens with one attached hydrogen (secondary N) is 1. The fourth-order valence-corrected chi connectivity index (χ4v) is 2.60. The highest BCUT2D eigenvalue weighted by Gasteiger charge is 2.21. The largest absolute Gasteiger partial charge is 0.272 e. The quantitative estimate of drug-likeness (QED) is 0.661. The zero-order valence-corrected chi connectivity index (χ0v) is 12.7. The van der Waals surface area contributed by atoms with Gasteiger partial charge in [-0.15, -0.1) is 0 Å². The zero-order valence-electron chi connectivity index (χ0n) is 11.1. The second-order valence-corrected chi connectivity index (χ2v) is 5.52. The molecule has 1 heterocycles. The van der Waals surface area contributed by atoms with Gasteiger partial charge in [-0.25, -0.2) is 8.78 Å². The summed E-state index contributed by atoms with van der Waals surface area (Å²) < 4.78 is 30.0. The van der Waals surface area contributed by atoms with Crippen LogP contribution in [0.15, 0.2) is 22.7 Å². The first kappa shape index (κ1) is 15.1. The summed E-state index contributed by atoms with van der Waals surface area (Å²) in [4.78, 5) is 0. The second-order valence-electron chi connectivity index (χ2n) is 4.61. The fraction of sp³-hybridized carbons (Fsp3) is 0.308. The van der Waals surface area contributed by atoms with Crippen molar-refractivity contribution in [3.8, 4) is 0 Å². The van der Waals surface area contributed by atoms with Gasteiger partial charge in [-0.05, 0) is 25.1 Å². The molecule has 0 bridgehead atoms. The monoisotopic (exact) mass is 344 g/mol. The van der Waals surface area contributed by atoms with Gasteiger partial charge in [0.1, 0.15) is 11.6 Å². The van der Waals surface area contributed by atoms with Crippen molar-refractivity contribution >= 4 is 15.9 Å². The van der Waals surface area contributed by atoms with Gasteiger partial charge in [0.05, 0.1) is 11.7 Å². The van der Waals surface area contributed by atoms with Gasteiger partial charge in [-0.1, -0.05) is 15.9 Å². The number of rotatable bonds is 4. The average Bonchev–Trinajstić information content (AvgIpc) is 2.65. The van der Waals surface area contributed by atoms with E-state index in [9.17, 15) is 8.78 Å². The van der Waals surface area contributed by atoms with E-state index in [1.165, 1.54) is 12.1 Å². The molecule has 1 atom stereocenters. The van der Waals surface area contributed by atoms with Crippen LogP contribution in [-0.2, 0) is 13.5 Å². The highest BCUT2D eigenvalue weighted by Crippen LogP contribution is 2.26. The van der Waals surface area contributed by atoms with Crippen molar-refractivity contribution in [1.29, 1.82) is 0 Å². The molecule has 1 aromatic carbocycles. The van der Waals surface area contributed by atoms with E-state index in [2.05, 4.69) is 26.5 Å². The van der Waals surface area contributed by atoms with Crippen molar-refractivity contribution in [1.82, 2.24) is 15.2 Å². The molecule has 2 rings (SSSR count). The summed E-state index contributed by atoms with van der Waals surface area (Å²) in [5, 5.41) is 4.20. The molecular formula is C13H15BrF2N4. The minimum absolute atomic E-state index is 0.0745. The molecule has 4 nitrogen and oxygen atoms in total. The Kier molecular flexibility index (Phi) is 4.52. The Morgan fingerprint density at radius 3 is 2.40 bits per heavy atom. The molecule has 1 unspecified atom stereocenters. The summed E-state index contributed by atoms with van der Waals surface area (Å²) in [6.45, 7) is 1.86. The fourth-order valence-electron chi connectivity index (χ4n) is 2.19. The Bertz CT molecular complexity index is 604. The van der Waals surface area contributed by atoms with Crippen molar-refractivity contribution in [3.63, 3.8) is 0 Å². The molecule has 108 valence electrons. The highest BCUT2D eigenvalue weighted by molar-refractivity contribution is 9.10. The summed E-state index contributed by atoms with van der Waals surface area (Å²) in [6.07, 6.45) is 0.337. The molecule has 7 heteroatoms. The first-order valence-electron chi connectivity index (χ1n) is 6.02. The van der Waals surface area contributed by atoms with Gasteiger partial charge in [0, 0.05) is 29.2 Å². The van der Waals surface area contributed by atoms with E-state index in [0.717, 1.165) is 11.4 Å². The number of aryl methyl sites for hydroxylation is 2. The van der Waals surface area contributed by atoms with Crippen LogP contribution in [0, 0.1) is 18.6 Å². The Labute approximate surface area is 124 Å². The molecule has 3 N–H and O–H groups in total. The minimum Gasteiger partial charge on any atom is -0.272 e. The average molecular weight is 345 g/mol. The van der Waals surface area contributed by atoms with Gasteiger partial charge < -0.3 is 0 Å². The predicted octanol–water partition coefficient (Wildman–Crippen LogP) is 2.52. The molecule has 0 aliphatic rings. The zero-order chi connectivity index (χ0) is 14.9. The SMILES string of the molecule is Cc1cc(CC(NN)c2c(F)cc(Br)cc2F)n(C)n1. The molecule has 0 fully saturated rings. The maximum atomic E-state index is 14.0.